The minimum absolute atomic E-state index is 0.0552. The third kappa shape index (κ3) is 7.64. The lowest BCUT2D eigenvalue weighted by Gasteiger charge is -2.39. The van der Waals surface area contributed by atoms with E-state index >= 15 is 0 Å². The number of hydrogen-bond donors (Lipinski definition) is 1. The van der Waals surface area contributed by atoms with E-state index in [9.17, 15) is 13.2 Å². The van der Waals surface area contributed by atoms with Crippen LogP contribution in [0.15, 0.2) is 114 Å². The highest BCUT2D eigenvalue weighted by atomic mass is 32.2. The van der Waals surface area contributed by atoms with Gasteiger partial charge < -0.3 is 10.1 Å². The van der Waals surface area contributed by atoms with Crippen LogP contribution < -0.4 is 10.1 Å². The van der Waals surface area contributed by atoms with Gasteiger partial charge in [-0.2, -0.15) is 4.31 Å². The highest BCUT2D eigenvalue weighted by molar-refractivity contribution is 7.89. The van der Waals surface area contributed by atoms with E-state index in [0.717, 1.165) is 12.0 Å². The third-order valence-corrected chi connectivity index (χ3v) is 10.5. The largest absolute Gasteiger partial charge is 0.480 e. The number of nitrogens with one attached hydrogen (secondary N) is 1. The molecule has 0 aromatic heterocycles. The van der Waals surface area contributed by atoms with E-state index in [2.05, 4.69) is 48.3 Å². The molecular weight excluding hydrogens is 582 g/mol. The first-order chi connectivity index (χ1) is 21.8. The number of carbonyl (C=O) groups is 1. The molecule has 2 atom stereocenters. The highest BCUT2D eigenvalue weighted by Gasteiger charge is 2.32. The maximum absolute atomic E-state index is 13.6. The summed E-state index contributed by atoms with van der Waals surface area (Å²) in [6.07, 6.45) is 0.788. The number of carbonyl (C=O) groups excluding carboxylic acids is 1. The summed E-state index contributed by atoms with van der Waals surface area (Å²) in [4.78, 5) is 15.7. The number of nitrogens with zero attached hydrogens (tertiary/aromatic N) is 2. The van der Waals surface area contributed by atoms with Crippen molar-refractivity contribution in [1.29, 1.82) is 0 Å². The molecule has 1 amide bonds. The molecule has 1 N–H and O–H groups in total. The van der Waals surface area contributed by atoms with Crippen LogP contribution in [-0.2, 0) is 14.8 Å². The fourth-order valence-electron chi connectivity index (χ4n) is 5.86. The van der Waals surface area contributed by atoms with Crippen molar-refractivity contribution in [2.24, 2.45) is 0 Å². The summed E-state index contributed by atoms with van der Waals surface area (Å²) >= 11 is 0. The summed E-state index contributed by atoms with van der Waals surface area (Å²) in [7, 11) is -3.69. The van der Waals surface area contributed by atoms with E-state index in [1.54, 1.807) is 28.6 Å². The van der Waals surface area contributed by atoms with Crippen LogP contribution in [0.2, 0.25) is 0 Å². The molecule has 0 saturated carbocycles. The van der Waals surface area contributed by atoms with Gasteiger partial charge in [-0.15, -0.1) is 0 Å². The van der Waals surface area contributed by atoms with Crippen molar-refractivity contribution < 1.29 is 17.9 Å². The molecule has 45 heavy (non-hydrogen) atoms. The molecular formula is C37H43N3O4S. The van der Waals surface area contributed by atoms with Crippen LogP contribution in [0.4, 0.5) is 5.69 Å². The Hall–Kier alpha value is -3.98. The number of ether oxygens (including phenoxy) is 1. The topological polar surface area (TPSA) is 78.9 Å². The van der Waals surface area contributed by atoms with Crippen molar-refractivity contribution in [3.63, 3.8) is 0 Å². The van der Waals surface area contributed by atoms with Crippen molar-refractivity contribution in [1.82, 2.24) is 9.21 Å². The van der Waals surface area contributed by atoms with E-state index in [0.29, 0.717) is 50.0 Å². The van der Waals surface area contributed by atoms with Gasteiger partial charge in [0.1, 0.15) is 5.75 Å². The molecule has 1 aliphatic rings. The average Bonchev–Trinajstić information content (AvgIpc) is 3.08. The lowest BCUT2D eigenvalue weighted by atomic mass is 9.96. The first-order valence-electron chi connectivity index (χ1n) is 15.8. The number of anilines is 1. The second-order valence-electron chi connectivity index (χ2n) is 11.5. The number of amides is 1. The number of sulfonamides is 1. The van der Waals surface area contributed by atoms with Gasteiger partial charge in [0, 0.05) is 31.9 Å². The van der Waals surface area contributed by atoms with Crippen molar-refractivity contribution in [2.45, 2.75) is 56.6 Å². The Morgan fingerprint density at radius 2 is 1.31 bits per heavy atom. The minimum atomic E-state index is -3.69. The van der Waals surface area contributed by atoms with Crippen molar-refractivity contribution >= 4 is 21.6 Å². The minimum Gasteiger partial charge on any atom is -0.480 e. The van der Waals surface area contributed by atoms with Gasteiger partial charge in [0.2, 0.25) is 10.0 Å². The van der Waals surface area contributed by atoms with E-state index in [-0.39, 0.29) is 16.8 Å². The fraction of sp³-hybridized carbons (Fsp3) is 0.324. The summed E-state index contributed by atoms with van der Waals surface area (Å²) in [5, 5.41) is 2.90. The molecule has 4 aromatic rings. The quantitative estimate of drug-likeness (QED) is 0.182. The van der Waals surface area contributed by atoms with Gasteiger partial charge in [0.25, 0.3) is 5.91 Å². The lowest BCUT2D eigenvalue weighted by Crippen LogP contribution is -2.49. The zero-order valence-electron chi connectivity index (χ0n) is 26.3. The molecule has 8 heteroatoms. The summed E-state index contributed by atoms with van der Waals surface area (Å²) in [6, 6.07) is 35.0. The number of rotatable bonds is 12. The van der Waals surface area contributed by atoms with Gasteiger partial charge in [-0.1, -0.05) is 99.6 Å². The second-order valence-corrected chi connectivity index (χ2v) is 13.5. The van der Waals surface area contributed by atoms with E-state index < -0.39 is 16.1 Å². The van der Waals surface area contributed by atoms with Crippen LogP contribution in [0.25, 0.3) is 0 Å². The number of hydrogen-bond acceptors (Lipinski definition) is 5. The molecule has 0 aliphatic carbocycles. The SMILES string of the molecule is CCC(Oc1ccccc1C(C)CC)C(=O)Nc1ccc(S(=O)(=O)N2CCN(C(c3ccccc3)c3ccccc3)CC2)cc1. The lowest BCUT2D eigenvalue weighted by molar-refractivity contribution is -0.122. The summed E-state index contributed by atoms with van der Waals surface area (Å²) < 4.78 is 34.9. The molecule has 1 heterocycles. The average molecular weight is 626 g/mol. The van der Waals surface area contributed by atoms with Gasteiger partial charge in [0.05, 0.1) is 10.9 Å². The van der Waals surface area contributed by atoms with Crippen LogP contribution in [-0.4, -0.2) is 55.8 Å². The Balaban J connectivity index is 1.22. The van der Waals surface area contributed by atoms with Crippen molar-refractivity contribution in [2.75, 3.05) is 31.5 Å². The van der Waals surface area contributed by atoms with Gasteiger partial charge >= 0.3 is 0 Å². The highest BCUT2D eigenvalue weighted by Crippen LogP contribution is 2.32. The molecule has 0 radical (unpaired) electrons. The fourth-order valence-corrected chi connectivity index (χ4v) is 7.28. The second kappa shape index (κ2) is 14.9. The molecule has 236 valence electrons. The Kier molecular flexibility index (Phi) is 10.7. The normalized spacial score (nSPS) is 15.8. The van der Waals surface area contributed by atoms with Crippen LogP contribution in [0.1, 0.15) is 62.3 Å². The Labute approximate surface area is 267 Å². The maximum atomic E-state index is 13.6. The molecule has 4 aromatic carbocycles. The molecule has 5 rings (SSSR count). The smallest absolute Gasteiger partial charge is 0.265 e. The molecule has 0 bridgehead atoms. The Bertz CT molecular complexity index is 1600. The summed E-state index contributed by atoms with van der Waals surface area (Å²) in [5.74, 6) is 0.761. The van der Waals surface area contributed by atoms with Crippen molar-refractivity contribution in [3.8, 4) is 5.75 Å². The first-order valence-corrected chi connectivity index (χ1v) is 17.3. The zero-order valence-corrected chi connectivity index (χ0v) is 27.1. The Morgan fingerprint density at radius 1 is 0.756 bits per heavy atom. The standard InChI is InChI=1S/C37H43N3O4S/c1-4-28(3)33-18-12-13-19-35(33)44-34(5-2)37(41)38-31-20-22-32(23-21-31)45(42,43)40-26-24-39(25-27-40)36(29-14-8-6-9-15-29)30-16-10-7-11-17-30/h6-23,28,34,36H,4-5,24-27H2,1-3H3,(H,38,41). The van der Waals surface area contributed by atoms with Gasteiger partial charge in [0.15, 0.2) is 6.10 Å². The number of para-hydroxylation sites is 1. The van der Waals surface area contributed by atoms with Gasteiger partial charge in [-0.25, -0.2) is 8.42 Å². The first kappa shape index (κ1) is 32.4. The van der Waals surface area contributed by atoms with Gasteiger partial charge in [-0.05, 0) is 65.8 Å². The predicted molar refractivity (Wildman–Crippen MR) is 180 cm³/mol. The number of benzene rings is 4. The molecule has 0 spiro atoms. The van der Waals surface area contributed by atoms with Crippen LogP contribution >= 0.6 is 0 Å². The van der Waals surface area contributed by atoms with E-state index in [4.69, 9.17) is 4.74 Å². The number of piperazine rings is 1. The van der Waals surface area contributed by atoms with E-state index in [1.165, 1.54) is 11.1 Å². The van der Waals surface area contributed by atoms with E-state index in [1.807, 2.05) is 67.6 Å². The maximum Gasteiger partial charge on any atom is 0.265 e. The molecule has 2 unspecified atom stereocenters. The zero-order chi connectivity index (χ0) is 31.8. The molecule has 7 nitrogen and oxygen atoms in total. The van der Waals surface area contributed by atoms with Gasteiger partial charge in [-0.3, -0.25) is 9.69 Å². The Morgan fingerprint density at radius 3 is 1.87 bits per heavy atom. The van der Waals surface area contributed by atoms with Crippen molar-refractivity contribution in [3.05, 3.63) is 126 Å². The monoisotopic (exact) mass is 625 g/mol. The van der Waals surface area contributed by atoms with Crippen LogP contribution in [0.5, 0.6) is 5.75 Å². The molecule has 1 saturated heterocycles. The molecule has 1 fully saturated rings. The van der Waals surface area contributed by atoms with Crippen LogP contribution in [0.3, 0.4) is 0 Å². The summed E-state index contributed by atoms with van der Waals surface area (Å²) in [5.41, 5.74) is 3.98. The predicted octanol–water partition coefficient (Wildman–Crippen LogP) is 7.09. The molecule has 1 aliphatic heterocycles. The summed E-state index contributed by atoms with van der Waals surface area (Å²) in [6.45, 7) is 8.19. The van der Waals surface area contributed by atoms with Crippen LogP contribution in [0, 0.1) is 0 Å². The third-order valence-electron chi connectivity index (χ3n) is 8.62.